The Morgan fingerprint density at radius 3 is 1.59 bits per heavy atom. The Kier molecular flexibility index (Phi) is 9.00. The Labute approximate surface area is 401 Å². The summed E-state index contributed by atoms with van der Waals surface area (Å²) in [7, 11) is 0. The van der Waals surface area contributed by atoms with Crippen LogP contribution in [0.5, 0.6) is 0 Å². The molecule has 0 aliphatic rings. The minimum atomic E-state index is 0.608. The van der Waals surface area contributed by atoms with Crippen molar-refractivity contribution in [1.82, 2.24) is 24.1 Å². The van der Waals surface area contributed by atoms with E-state index in [2.05, 4.69) is 228 Å². The maximum atomic E-state index is 5.44. The first kappa shape index (κ1) is 39.2. The SMILES string of the molecule is c1ccc(-c2ccc3c4c(-c5cccc6c5c5ccccc5n6-c5ccccc5)cccc4n(-c4ccccc4-c4nc(-c5ccccc5)nc(-c5cccc6c5sc5ccccc56)n4)c3c2)cc1. The molecule has 0 bridgehead atoms. The largest absolute Gasteiger partial charge is 0.309 e. The van der Waals surface area contributed by atoms with Gasteiger partial charge >= 0.3 is 0 Å². The van der Waals surface area contributed by atoms with Gasteiger partial charge in [-0.05, 0) is 82.9 Å². The highest BCUT2D eigenvalue weighted by Gasteiger charge is 2.24. The van der Waals surface area contributed by atoms with E-state index in [1.807, 2.05) is 18.2 Å². The molecule has 0 fully saturated rings. The second-order valence-corrected chi connectivity index (χ2v) is 18.5. The summed E-state index contributed by atoms with van der Waals surface area (Å²) in [5, 5.41) is 7.23. The van der Waals surface area contributed by atoms with E-state index in [0.29, 0.717) is 17.5 Å². The summed E-state index contributed by atoms with van der Waals surface area (Å²) in [6.07, 6.45) is 0. The molecule has 0 atom stereocenters. The molecule has 0 spiro atoms. The molecule has 69 heavy (non-hydrogen) atoms. The third-order valence-corrected chi connectivity index (χ3v) is 14.8. The van der Waals surface area contributed by atoms with E-state index in [1.165, 1.54) is 53.8 Å². The Bertz CT molecular complexity index is 4300. The second-order valence-electron chi connectivity index (χ2n) is 17.5. The van der Waals surface area contributed by atoms with E-state index in [4.69, 9.17) is 15.0 Å². The number of nitrogens with zero attached hydrogens (tertiary/aromatic N) is 5. The smallest absolute Gasteiger partial charge is 0.166 e. The van der Waals surface area contributed by atoms with Crippen molar-refractivity contribution >= 4 is 75.1 Å². The van der Waals surface area contributed by atoms with Crippen LogP contribution in [0.4, 0.5) is 0 Å². The molecular weight excluding hydrogens is 859 g/mol. The van der Waals surface area contributed by atoms with Crippen molar-refractivity contribution in [1.29, 1.82) is 0 Å². The normalized spacial score (nSPS) is 11.8. The summed E-state index contributed by atoms with van der Waals surface area (Å²) < 4.78 is 7.23. The number of thiophene rings is 1. The third kappa shape index (κ3) is 6.27. The topological polar surface area (TPSA) is 48.5 Å². The molecule has 14 rings (SSSR count). The molecule has 0 unspecified atom stereocenters. The fraction of sp³-hybridized carbons (Fsp3) is 0. The molecular formula is C63H39N5S. The van der Waals surface area contributed by atoms with Gasteiger partial charge in [0.15, 0.2) is 17.5 Å². The zero-order valence-corrected chi connectivity index (χ0v) is 38.0. The fourth-order valence-electron chi connectivity index (χ4n) is 10.6. The average molecular weight is 898 g/mol. The van der Waals surface area contributed by atoms with Gasteiger partial charge in [-0.15, -0.1) is 11.3 Å². The molecule has 6 heteroatoms. The minimum absolute atomic E-state index is 0.608. The van der Waals surface area contributed by atoms with E-state index >= 15 is 0 Å². The maximum absolute atomic E-state index is 5.44. The van der Waals surface area contributed by atoms with Crippen LogP contribution in [0.25, 0.3) is 132 Å². The summed E-state index contributed by atoms with van der Waals surface area (Å²) in [6, 6.07) is 84.5. The Morgan fingerprint density at radius 1 is 0.304 bits per heavy atom. The van der Waals surface area contributed by atoms with Crippen molar-refractivity contribution in [2.45, 2.75) is 0 Å². The standard InChI is InChI=1S/C63H39N5S/c1-4-19-40(20-5-1)42-37-38-49-56(39-42)68(55-35-18-29-46(59(49)55)45-28-17-34-54-58(45)48-26-10-13-32-52(48)67(54)43-23-8-3-9-24-43)53-33-14-11-27-50(53)62-64-61(41-21-6-2-7-22-41)65-63(66-62)51-31-16-30-47-44-25-12-15-36-57(44)69-60(47)51/h1-39H. The molecule has 4 aromatic heterocycles. The monoisotopic (exact) mass is 897 g/mol. The highest BCUT2D eigenvalue weighted by molar-refractivity contribution is 7.26. The van der Waals surface area contributed by atoms with E-state index in [-0.39, 0.29) is 0 Å². The van der Waals surface area contributed by atoms with Crippen molar-refractivity contribution in [2.24, 2.45) is 0 Å². The lowest BCUT2D eigenvalue weighted by molar-refractivity contribution is 1.07. The van der Waals surface area contributed by atoms with Crippen LogP contribution in [0.3, 0.4) is 0 Å². The number of hydrogen-bond donors (Lipinski definition) is 0. The van der Waals surface area contributed by atoms with Gasteiger partial charge < -0.3 is 9.13 Å². The van der Waals surface area contributed by atoms with Crippen molar-refractivity contribution in [3.8, 4) is 67.8 Å². The lowest BCUT2D eigenvalue weighted by atomic mass is 9.95. The molecule has 14 aromatic rings. The molecule has 0 aliphatic heterocycles. The first-order valence-electron chi connectivity index (χ1n) is 23.3. The number of aromatic nitrogens is 5. The van der Waals surface area contributed by atoms with Crippen LogP contribution in [-0.4, -0.2) is 24.1 Å². The number of fused-ring (bicyclic) bond motifs is 9. The molecule has 4 heterocycles. The molecule has 0 saturated carbocycles. The molecule has 0 aliphatic carbocycles. The highest BCUT2D eigenvalue weighted by Crippen LogP contribution is 2.46. The molecule has 0 amide bonds. The first-order chi connectivity index (χ1) is 34.2. The predicted octanol–water partition coefficient (Wildman–Crippen LogP) is 16.8. The molecule has 0 radical (unpaired) electrons. The lowest BCUT2D eigenvalue weighted by Crippen LogP contribution is -2.03. The van der Waals surface area contributed by atoms with Gasteiger partial charge in [0.05, 0.1) is 27.8 Å². The van der Waals surface area contributed by atoms with Crippen LogP contribution in [0, 0.1) is 0 Å². The molecule has 10 aromatic carbocycles. The zero-order chi connectivity index (χ0) is 45.4. The van der Waals surface area contributed by atoms with Crippen LogP contribution in [0.15, 0.2) is 237 Å². The first-order valence-corrected chi connectivity index (χ1v) is 24.1. The van der Waals surface area contributed by atoms with Crippen LogP contribution >= 0.6 is 11.3 Å². The van der Waals surface area contributed by atoms with E-state index in [9.17, 15) is 0 Å². The van der Waals surface area contributed by atoms with Crippen LogP contribution in [0.2, 0.25) is 0 Å². The van der Waals surface area contributed by atoms with Crippen molar-refractivity contribution in [3.63, 3.8) is 0 Å². The van der Waals surface area contributed by atoms with Crippen molar-refractivity contribution < 1.29 is 0 Å². The zero-order valence-electron chi connectivity index (χ0n) is 37.2. The molecule has 322 valence electrons. The van der Waals surface area contributed by atoms with E-state index in [1.54, 1.807) is 11.3 Å². The number of rotatable bonds is 7. The van der Waals surface area contributed by atoms with Crippen LogP contribution in [-0.2, 0) is 0 Å². The van der Waals surface area contributed by atoms with Gasteiger partial charge in [-0.3, -0.25) is 0 Å². The van der Waals surface area contributed by atoms with Crippen LogP contribution < -0.4 is 0 Å². The average Bonchev–Trinajstić information content (AvgIpc) is 4.09. The van der Waals surface area contributed by atoms with E-state index < -0.39 is 0 Å². The van der Waals surface area contributed by atoms with Crippen molar-refractivity contribution in [2.75, 3.05) is 0 Å². The Balaban J connectivity index is 1.05. The Hall–Kier alpha value is -8.97. The molecule has 0 N–H and O–H groups in total. The quantitative estimate of drug-likeness (QED) is 0.160. The van der Waals surface area contributed by atoms with Gasteiger partial charge in [-0.25, -0.2) is 15.0 Å². The highest BCUT2D eigenvalue weighted by atomic mass is 32.1. The van der Waals surface area contributed by atoms with Gasteiger partial charge in [0.1, 0.15) is 0 Å². The summed E-state index contributed by atoms with van der Waals surface area (Å²) >= 11 is 1.78. The van der Waals surface area contributed by atoms with Crippen molar-refractivity contribution in [3.05, 3.63) is 237 Å². The third-order valence-electron chi connectivity index (χ3n) is 13.6. The number of benzene rings is 10. The fourth-order valence-corrected chi connectivity index (χ4v) is 11.8. The maximum Gasteiger partial charge on any atom is 0.166 e. The van der Waals surface area contributed by atoms with Gasteiger partial charge in [-0.1, -0.05) is 176 Å². The van der Waals surface area contributed by atoms with Crippen LogP contribution in [0.1, 0.15) is 0 Å². The Morgan fingerprint density at radius 2 is 0.826 bits per heavy atom. The van der Waals surface area contributed by atoms with Gasteiger partial charge in [-0.2, -0.15) is 0 Å². The lowest BCUT2D eigenvalue weighted by Gasteiger charge is -2.15. The number of hydrogen-bond acceptors (Lipinski definition) is 4. The molecule has 0 saturated heterocycles. The number of para-hydroxylation sites is 3. The molecule has 5 nitrogen and oxygen atoms in total. The second kappa shape index (κ2) is 15.8. The van der Waals surface area contributed by atoms with Gasteiger partial charge in [0.25, 0.3) is 0 Å². The van der Waals surface area contributed by atoms with Gasteiger partial charge in [0, 0.05) is 64.1 Å². The minimum Gasteiger partial charge on any atom is -0.309 e. The summed E-state index contributed by atoms with van der Waals surface area (Å²) in [5.41, 5.74) is 14.1. The predicted molar refractivity (Wildman–Crippen MR) is 289 cm³/mol. The summed E-state index contributed by atoms with van der Waals surface area (Å²) in [5.74, 6) is 1.88. The van der Waals surface area contributed by atoms with Gasteiger partial charge in [0.2, 0.25) is 0 Å². The summed E-state index contributed by atoms with van der Waals surface area (Å²) in [6.45, 7) is 0. The summed E-state index contributed by atoms with van der Waals surface area (Å²) in [4.78, 5) is 16.0. The van der Waals surface area contributed by atoms with E-state index in [0.717, 1.165) is 60.3 Å².